The van der Waals surface area contributed by atoms with E-state index in [9.17, 15) is 14.7 Å². The highest BCUT2D eigenvalue weighted by Gasteiger charge is 2.66. The van der Waals surface area contributed by atoms with Gasteiger partial charge in [-0.05, 0) is 56.7 Å². The molecular weight excluding hydrogens is 490 g/mol. The molecule has 1 heterocycles. The van der Waals surface area contributed by atoms with E-state index < -0.39 is 34.8 Å². The fraction of sp³-hybridized carbons (Fsp3) is 0.394. The van der Waals surface area contributed by atoms with Crippen molar-refractivity contribution < 1.29 is 24.2 Å². The third-order valence-corrected chi connectivity index (χ3v) is 7.41. The van der Waals surface area contributed by atoms with Gasteiger partial charge in [-0.15, -0.1) is 0 Å². The summed E-state index contributed by atoms with van der Waals surface area (Å²) in [5, 5.41) is 12.3. The van der Waals surface area contributed by atoms with E-state index in [0.29, 0.717) is 6.42 Å². The van der Waals surface area contributed by atoms with Gasteiger partial charge in [0.2, 0.25) is 0 Å². The Morgan fingerprint density at radius 2 is 1.38 bits per heavy atom. The minimum absolute atomic E-state index is 0.0618. The second kappa shape index (κ2) is 11.6. The Kier molecular flexibility index (Phi) is 8.45. The summed E-state index contributed by atoms with van der Waals surface area (Å²) in [6.45, 7) is 7.23. The van der Waals surface area contributed by atoms with Crippen molar-refractivity contribution >= 4 is 12.1 Å². The molecule has 1 amide bonds. The Balaban J connectivity index is 1.81. The van der Waals surface area contributed by atoms with E-state index in [2.05, 4.69) is 0 Å². The van der Waals surface area contributed by atoms with Crippen molar-refractivity contribution in [2.45, 2.75) is 76.9 Å². The second-order valence-electron chi connectivity index (χ2n) is 11.4. The quantitative estimate of drug-likeness (QED) is 0.346. The molecule has 0 saturated carbocycles. The molecule has 0 aromatic heterocycles. The van der Waals surface area contributed by atoms with E-state index in [-0.39, 0.29) is 25.9 Å². The summed E-state index contributed by atoms with van der Waals surface area (Å²) in [6, 6.07) is 28.9. The lowest BCUT2D eigenvalue weighted by Gasteiger charge is -2.43. The molecule has 3 unspecified atom stereocenters. The molecule has 0 radical (unpaired) electrons. The van der Waals surface area contributed by atoms with Gasteiger partial charge in [-0.2, -0.15) is 0 Å². The Labute approximate surface area is 231 Å². The van der Waals surface area contributed by atoms with E-state index in [0.717, 1.165) is 16.7 Å². The molecule has 1 N–H and O–H groups in total. The van der Waals surface area contributed by atoms with Gasteiger partial charge >= 0.3 is 12.1 Å². The fourth-order valence-electron chi connectivity index (χ4n) is 5.63. The number of hydrogen-bond acceptors (Lipinski definition) is 5. The number of aliphatic hydroxyl groups is 1. The molecule has 0 bridgehead atoms. The third-order valence-electron chi connectivity index (χ3n) is 7.41. The van der Waals surface area contributed by atoms with Crippen LogP contribution in [0, 0.1) is 5.92 Å². The Morgan fingerprint density at radius 3 is 1.90 bits per heavy atom. The van der Waals surface area contributed by atoms with Gasteiger partial charge in [0.15, 0.2) is 5.54 Å². The molecule has 1 fully saturated rings. The van der Waals surface area contributed by atoms with Crippen molar-refractivity contribution in [1.29, 1.82) is 0 Å². The molecule has 0 aliphatic carbocycles. The number of rotatable bonds is 8. The van der Waals surface area contributed by atoms with Crippen molar-refractivity contribution in [1.82, 2.24) is 4.90 Å². The Hall–Kier alpha value is -3.64. The number of nitrogens with zero attached hydrogens (tertiary/aromatic N) is 1. The number of esters is 1. The minimum atomic E-state index is -1.63. The smallest absolute Gasteiger partial charge is 0.413 e. The topological polar surface area (TPSA) is 76.1 Å². The molecule has 1 aliphatic rings. The molecule has 1 aliphatic heterocycles. The van der Waals surface area contributed by atoms with Crippen LogP contribution in [-0.2, 0) is 33.7 Å². The van der Waals surface area contributed by atoms with Crippen LogP contribution in [0.5, 0.6) is 0 Å². The molecule has 6 nitrogen and oxygen atoms in total. The van der Waals surface area contributed by atoms with Gasteiger partial charge in [-0.25, -0.2) is 9.59 Å². The first-order valence-electron chi connectivity index (χ1n) is 13.6. The highest BCUT2D eigenvalue weighted by molar-refractivity contribution is 5.88. The van der Waals surface area contributed by atoms with Crippen LogP contribution >= 0.6 is 0 Å². The number of hydrogen-bond donors (Lipinski definition) is 1. The van der Waals surface area contributed by atoms with Gasteiger partial charge in [0.25, 0.3) is 0 Å². The van der Waals surface area contributed by atoms with Crippen molar-refractivity contribution in [2.24, 2.45) is 5.92 Å². The molecule has 6 heteroatoms. The van der Waals surface area contributed by atoms with Gasteiger partial charge in [0, 0.05) is 12.3 Å². The molecule has 39 heavy (non-hydrogen) atoms. The summed E-state index contributed by atoms with van der Waals surface area (Å²) in [4.78, 5) is 29.5. The van der Waals surface area contributed by atoms with E-state index in [4.69, 9.17) is 9.47 Å². The summed E-state index contributed by atoms with van der Waals surface area (Å²) in [5.74, 6) is -0.978. The highest BCUT2D eigenvalue weighted by Crippen LogP contribution is 2.50. The first-order chi connectivity index (χ1) is 18.6. The van der Waals surface area contributed by atoms with E-state index in [1.54, 1.807) is 20.8 Å². The monoisotopic (exact) mass is 529 g/mol. The lowest BCUT2D eigenvalue weighted by molar-refractivity contribution is -0.172. The standard InChI is InChI=1S/C33H39NO5/c1-5-33(37)28(21-25-15-9-6-10-16-25)23-32(22-26-17-11-7-12-18-26,34(33)30(36)39-31(2,3)4)29(35)38-24-27-19-13-8-14-20-27/h6-20,28,37H,5,21-24H2,1-4H3. The van der Waals surface area contributed by atoms with Crippen LogP contribution < -0.4 is 0 Å². The number of amides is 1. The minimum Gasteiger partial charge on any atom is -0.459 e. The van der Waals surface area contributed by atoms with Crippen LogP contribution in [0.4, 0.5) is 4.79 Å². The first-order valence-corrected chi connectivity index (χ1v) is 13.6. The average molecular weight is 530 g/mol. The maximum atomic E-state index is 14.2. The zero-order chi connectivity index (χ0) is 28.1. The Bertz CT molecular complexity index is 1240. The van der Waals surface area contributed by atoms with Crippen LogP contribution in [0.25, 0.3) is 0 Å². The van der Waals surface area contributed by atoms with Crippen LogP contribution in [-0.4, -0.2) is 38.9 Å². The number of benzene rings is 3. The lowest BCUT2D eigenvalue weighted by atomic mass is 9.82. The number of carbonyl (C=O) groups is 2. The summed E-state index contributed by atoms with van der Waals surface area (Å²) in [7, 11) is 0. The first kappa shape index (κ1) is 28.4. The van der Waals surface area contributed by atoms with Gasteiger partial charge in [-0.1, -0.05) is 97.9 Å². The normalized spacial score (nSPS) is 22.9. The SMILES string of the molecule is CCC1(O)C(Cc2ccccc2)CC(Cc2ccccc2)(C(=O)OCc2ccccc2)N1C(=O)OC(C)(C)C. The molecule has 0 spiro atoms. The van der Waals surface area contributed by atoms with E-state index in [1.807, 2.05) is 97.9 Å². The molecule has 3 aromatic rings. The number of likely N-dealkylation sites (tertiary alicyclic amines) is 1. The van der Waals surface area contributed by atoms with Crippen molar-refractivity contribution in [2.75, 3.05) is 0 Å². The highest BCUT2D eigenvalue weighted by atomic mass is 16.6. The van der Waals surface area contributed by atoms with Crippen molar-refractivity contribution in [3.05, 3.63) is 108 Å². The number of carbonyl (C=O) groups excluding carboxylic acids is 2. The third kappa shape index (κ3) is 6.34. The Morgan fingerprint density at radius 1 is 0.872 bits per heavy atom. The average Bonchev–Trinajstić information content (AvgIpc) is 3.16. The van der Waals surface area contributed by atoms with Gasteiger partial charge in [0.05, 0.1) is 0 Å². The maximum Gasteiger partial charge on any atom is 0.413 e. The van der Waals surface area contributed by atoms with Gasteiger partial charge < -0.3 is 14.6 Å². The lowest BCUT2D eigenvalue weighted by Crippen LogP contribution is -2.63. The molecule has 3 atom stereocenters. The summed E-state index contributed by atoms with van der Waals surface area (Å²) in [6.07, 6.45) is 0.414. The second-order valence-corrected chi connectivity index (χ2v) is 11.4. The zero-order valence-electron chi connectivity index (χ0n) is 23.3. The predicted molar refractivity (Wildman–Crippen MR) is 151 cm³/mol. The summed E-state index contributed by atoms with van der Waals surface area (Å²) in [5.41, 5.74) is -1.20. The molecule has 4 rings (SSSR count). The van der Waals surface area contributed by atoms with E-state index >= 15 is 0 Å². The van der Waals surface area contributed by atoms with Crippen LogP contribution in [0.2, 0.25) is 0 Å². The molecular formula is C33H39NO5. The van der Waals surface area contributed by atoms with Crippen molar-refractivity contribution in [3.8, 4) is 0 Å². The van der Waals surface area contributed by atoms with Crippen molar-refractivity contribution in [3.63, 3.8) is 0 Å². The van der Waals surface area contributed by atoms with Crippen LogP contribution in [0.15, 0.2) is 91.0 Å². The molecule has 1 saturated heterocycles. The summed E-state index contributed by atoms with van der Waals surface area (Å²) < 4.78 is 11.8. The number of ether oxygens (including phenoxy) is 2. The van der Waals surface area contributed by atoms with Gasteiger partial charge in [0.1, 0.15) is 17.9 Å². The van der Waals surface area contributed by atoms with Crippen LogP contribution in [0.1, 0.15) is 57.2 Å². The summed E-state index contributed by atoms with van der Waals surface area (Å²) >= 11 is 0. The maximum absolute atomic E-state index is 14.2. The van der Waals surface area contributed by atoms with E-state index in [1.165, 1.54) is 4.90 Å². The largest absolute Gasteiger partial charge is 0.459 e. The fourth-order valence-corrected chi connectivity index (χ4v) is 5.63. The zero-order valence-corrected chi connectivity index (χ0v) is 23.3. The predicted octanol–water partition coefficient (Wildman–Crippen LogP) is 6.31. The van der Waals surface area contributed by atoms with Crippen LogP contribution in [0.3, 0.4) is 0 Å². The molecule has 206 valence electrons. The molecule has 3 aromatic carbocycles. The van der Waals surface area contributed by atoms with Gasteiger partial charge in [-0.3, -0.25) is 4.90 Å².